The average molecular weight is 282 g/mol. The second-order valence-electron chi connectivity index (χ2n) is 5.28. The summed E-state index contributed by atoms with van der Waals surface area (Å²) < 4.78 is 0. The quantitative estimate of drug-likeness (QED) is 0.876. The Labute approximate surface area is 118 Å². The molecular weight excluding hydrogens is 260 g/mol. The fourth-order valence-corrected chi connectivity index (χ4v) is 2.74. The molecule has 2 rings (SSSR count). The van der Waals surface area contributed by atoms with Gasteiger partial charge in [-0.1, -0.05) is 13.8 Å². The highest BCUT2D eigenvalue weighted by Gasteiger charge is 2.20. The van der Waals surface area contributed by atoms with Crippen LogP contribution in [-0.2, 0) is 4.79 Å². The molecule has 1 N–H and O–H groups in total. The molecule has 0 radical (unpaired) electrons. The Balaban J connectivity index is 1.70. The van der Waals surface area contributed by atoms with Crippen LogP contribution in [0.5, 0.6) is 0 Å². The Hall–Kier alpha value is -1.14. The summed E-state index contributed by atoms with van der Waals surface area (Å²) in [6.07, 6.45) is 1.84. The summed E-state index contributed by atoms with van der Waals surface area (Å²) in [6.45, 7) is 9.23. The molecule has 0 aliphatic carbocycles. The van der Waals surface area contributed by atoms with Gasteiger partial charge in [0.2, 0.25) is 5.91 Å². The first-order chi connectivity index (χ1) is 9.15. The summed E-state index contributed by atoms with van der Waals surface area (Å²) in [5.74, 6) is 0.641. The van der Waals surface area contributed by atoms with Crippen LogP contribution in [-0.4, -0.2) is 55.1 Å². The van der Waals surface area contributed by atoms with Crippen molar-refractivity contribution < 1.29 is 4.79 Å². The predicted molar refractivity (Wildman–Crippen MR) is 78.6 cm³/mol. The normalized spacial score (nSPS) is 16.9. The lowest BCUT2D eigenvalue weighted by atomic mass is 10.2. The van der Waals surface area contributed by atoms with E-state index in [0.29, 0.717) is 12.5 Å². The van der Waals surface area contributed by atoms with E-state index in [9.17, 15) is 4.79 Å². The smallest absolute Gasteiger partial charge is 0.234 e. The Morgan fingerprint density at radius 3 is 2.74 bits per heavy atom. The monoisotopic (exact) mass is 282 g/mol. The molecule has 19 heavy (non-hydrogen) atoms. The van der Waals surface area contributed by atoms with Gasteiger partial charge in [-0.15, -0.1) is 11.3 Å². The summed E-state index contributed by atoms with van der Waals surface area (Å²) in [4.78, 5) is 20.6. The molecule has 1 aliphatic heterocycles. The molecule has 1 amide bonds. The fourth-order valence-electron chi connectivity index (χ4n) is 2.05. The van der Waals surface area contributed by atoms with Crippen molar-refractivity contribution in [2.24, 2.45) is 5.92 Å². The molecule has 0 atom stereocenters. The van der Waals surface area contributed by atoms with E-state index < -0.39 is 0 Å². The van der Waals surface area contributed by atoms with Crippen molar-refractivity contribution in [2.75, 3.05) is 44.2 Å². The van der Waals surface area contributed by atoms with Gasteiger partial charge in [-0.2, -0.15) is 0 Å². The van der Waals surface area contributed by atoms with E-state index in [-0.39, 0.29) is 5.91 Å². The van der Waals surface area contributed by atoms with Crippen LogP contribution in [0.3, 0.4) is 0 Å². The zero-order chi connectivity index (χ0) is 13.7. The van der Waals surface area contributed by atoms with Crippen molar-refractivity contribution in [1.29, 1.82) is 0 Å². The second kappa shape index (κ2) is 6.86. The van der Waals surface area contributed by atoms with Gasteiger partial charge in [-0.25, -0.2) is 4.98 Å². The zero-order valence-electron chi connectivity index (χ0n) is 11.6. The number of amides is 1. The summed E-state index contributed by atoms with van der Waals surface area (Å²) in [5.41, 5.74) is 0. The molecule has 1 aromatic rings. The van der Waals surface area contributed by atoms with E-state index in [1.54, 1.807) is 11.3 Å². The lowest BCUT2D eigenvalue weighted by molar-refractivity contribution is -0.122. The van der Waals surface area contributed by atoms with Crippen LogP contribution in [0.15, 0.2) is 11.6 Å². The first-order valence-corrected chi connectivity index (χ1v) is 7.66. The summed E-state index contributed by atoms with van der Waals surface area (Å²) in [6, 6.07) is 0. The molecule has 1 aliphatic rings. The topological polar surface area (TPSA) is 48.5 Å². The second-order valence-corrected chi connectivity index (χ2v) is 6.15. The van der Waals surface area contributed by atoms with E-state index in [0.717, 1.165) is 37.9 Å². The van der Waals surface area contributed by atoms with Crippen LogP contribution >= 0.6 is 11.3 Å². The van der Waals surface area contributed by atoms with Gasteiger partial charge in [0, 0.05) is 44.3 Å². The van der Waals surface area contributed by atoms with Crippen molar-refractivity contribution >= 4 is 22.4 Å². The van der Waals surface area contributed by atoms with Gasteiger partial charge in [0.25, 0.3) is 0 Å². The van der Waals surface area contributed by atoms with E-state index in [1.807, 2.05) is 11.6 Å². The maximum atomic E-state index is 11.7. The Morgan fingerprint density at radius 2 is 2.16 bits per heavy atom. The van der Waals surface area contributed by atoms with Gasteiger partial charge in [0.05, 0.1) is 6.54 Å². The predicted octanol–water partition coefficient (Wildman–Crippen LogP) is 1.04. The van der Waals surface area contributed by atoms with Crippen LogP contribution < -0.4 is 10.2 Å². The zero-order valence-corrected chi connectivity index (χ0v) is 12.4. The Kier molecular flexibility index (Phi) is 5.15. The number of anilines is 1. The van der Waals surface area contributed by atoms with E-state index in [4.69, 9.17) is 0 Å². The molecule has 106 valence electrons. The number of thiazole rings is 1. The highest BCUT2D eigenvalue weighted by atomic mass is 32.1. The average Bonchev–Trinajstić information content (AvgIpc) is 2.91. The molecule has 1 aromatic heterocycles. The molecule has 0 bridgehead atoms. The first-order valence-electron chi connectivity index (χ1n) is 6.78. The SMILES string of the molecule is CC(C)CNC(=O)CN1CCN(c2nccs2)CC1. The maximum absolute atomic E-state index is 11.7. The number of aromatic nitrogens is 1. The third kappa shape index (κ3) is 4.47. The molecule has 2 heterocycles. The highest BCUT2D eigenvalue weighted by molar-refractivity contribution is 7.13. The number of carbonyl (C=O) groups excluding carboxylic acids is 1. The maximum Gasteiger partial charge on any atom is 0.234 e. The van der Waals surface area contributed by atoms with E-state index >= 15 is 0 Å². The number of hydrogen-bond acceptors (Lipinski definition) is 5. The molecule has 0 spiro atoms. The largest absolute Gasteiger partial charge is 0.355 e. The summed E-state index contributed by atoms with van der Waals surface area (Å²) >= 11 is 1.67. The van der Waals surface area contributed by atoms with Gasteiger partial charge < -0.3 is 10.2 Å². The molecule has 1 fully saturated rings. The van der Waals surface area contributed by atoms with Crippen molar-refractivity contribution in [2.45, 2.75) is 13.8 Å². The number of piperazine rings is 1. The summed E-state index contributed by atoms with van der Waals surface area (Å²) in [5, 5.41) is 6.05. The Bertz CT molecular complexity index is 385. The Morgan fingerprint density at radius 1 is 1.42 bits per heavy atom. The molecule has 1 saturated heterocycles. The minimum atomic E-state index is 0.136. The number of rotatable bonds is 5. The van der Waals surface area contributed by atoms with Crippen LogP contribution in [0.2, 0.25) is 0 Å². The highest BCUT2D eigenvalue weighted by Crippen LogP contribution is 2.18. The number of nitrogens with zero attached hydrogens (tertiary/aromatic N) is 3. The number of nitrogens with one attached hydrogen (secondary N) is 1. The molecule has 5 nitrogen and oxygen atoms in total. The van der Waals surface area contributed by atoms with Crippen molar-refractivity contribution in [1.82, 2.24) is 15.2 Å². The molecule has 6 heteroatoms. The van der Waals surface area contributed by atoms with Crippen LogP contribution in [0.25, 0.3) is 0 Å². The van der Waals surface area contributed by atoms with Crippen molar-refractivity contribution in [3.05, 3.63) is 11.6 Å². The minimum absolute atomic E-state index is 0.136. The van der Waals surface area contributed by atoms with Gasteiger partial charge in [-0.05, 0) is 5.92 Å². The van der Waals surface area contributed by atoms with Gasteiger partial charge >= 0.3 is 0 Å². The van der Waals surface area contributed by atoms with Crippen molar-refractivity contribution in [3.8, 4) is 0 Å². The summed E-state index contributed by atoms with van der Waals surface area (Å²) in [7, 11) is 0. The van der Waals surface area contributed by atoms with Gasteiger partial charge in [0.1, 0.15) is 0 Å². The lowest BCUT2D eigenvalue weighted by Gasteiger charge is -2.34. The van der Waals surface area contributed by atoms with Gasteiger partial charge in [-0.3, -0.25) is 9.69 Å². The van der Waals surface area contributed by atoms with Crippen LogP contribution in [0, 0.1) is 5.92 Å². The first kappa shape index (κ1) is 14.3. The third-order valence-electron chi connectivity index (χ3n) is 3.14. The lowest BCUT2D eigenvalue weighted by Crippen LogP contribution is -2.49. The van der Waals surface area contributed by atoms with Crippen LogP contribution in [0.1, 0.15) is 13.8 Å². The third-order valence-corrected chi connectivity index (χ3v) is 3.97. The molecule has 0 unspecified atom stereocenters. The standard InChI is InChI=1S/C13H22N4OS/c1-11(2)9-15-12(18)10-16-4-6-17(7-5-16)13-14-3-8-19-13/h3,8,11H,4-7,9-10H2,1-2H3,(H,15,18). The fraction of sp³-hybridized carbons (Fsp3) is 0.692. The number of hydrogen-bond donors (Lipinski definition) is 1. The van der Waals surface area contributed by atoms with E-state index in [1.165, 1.54) is 0 Å². The van der Waals surface area contributed by atoms with Gasteiger partial charge in [0.15, 0.2) is 5.13 Å². The minimum Gasteiger partial charge on any atom is -0.355 e. The molecule has 0 aromatic carbocycles. The van der Waals surface area contributed by atoms with E-state index in [2.05, 4.69) is 33.9 Å². The molecular formula is C13H22N4OS. The molecule has 0 saturated carbocycles. The number of carbonyl (C=O) groups is 1. The van der Waals surface area contributed by atoms with Crippen molar-refractivity contribution in [3.63, 3.8) is 0 Å². The van der Waals surface area contributed by atoms with Crippen LogP contribution in [0.4, 0.5) is 5.13 Å².